The molecule has 0 unspecified atom stereocenters. The molecule has 4 heteroatoms. The SMILES string of the molecule is COC(=O)c1cc(C#CCBr)ccn1. The number of hydrogen-bond donors (Lipinski definition) is 0. The van der Waals surface area contributed by atoms with E-state index in [-0.39, 0.29) is 5.69 Å². The van der Waals surface area contributed by atoms with Crippen LogP contribution in [0.25, 0.3) is 0 Å². The van der Waals surface area contributed by atoms with Crippen LogP contribution in [0.4, 0.5) is 0 Å². The molecule has 1 aromatic rings. The second kappa shape index (κ2) is 5.40. The summed E-state index contributed by atoms with van der Waals surface area (Å²) >= 11 is 3.19. The first-order chi connectivity index (χ1) is 6.77. The lowest BCUT2D eigenvalue weighted by atomic mass is 10.2. The highest BCUT2D eigenvalue weighted by atomic mass is 79.9. The normalized spacial score (nSPS) is 8.71. The summed E-state index contributed by atoms with van der Waals surface area (Å²) < 4.78 is 4.54. The average molecular weight is 254 g/mol. The summed E-state index contributed by atoms with van der Waals surface area (Å²) in [5, 5.41) is 0.600. The molecule has 0 aromatic carbocycles. The fourth-order valence-electron chi connectivity index (χ4n) is 0.860. The molecular weight excluding hydrogens is 246 g/mol. The molecule has 0 aliphatic rings. The van der Waals surface area contributed by atoms with Gasteiger partial charge in [0.1, 0.15) is 5.69 Å². The number of hydrogen-bond acceptors (Lipinski definition) is 3. The number of ether oxygens (including phenoxy) is 1. The number of carbonyl (C=O) groups is 1. The number of carbonyl (C=O) groups excluding carboxylic acids is 1. The molecular formula is C10H8BrNO2. The number of alkyl halides is 1. The van der Waals surface area contributed by atoms with Gasteiger partial charge in [0, 0.05) is 11.8 Å². The Bertz CT molecular complexity index is 393. The molecule has 3 nitrogen and oxygen atoms in total. The van der Waals surface area contributed by atoms with Crippen LogP contribution in [0, 0.1) is 11.8 Å². The van der Waals surface area contributed by atoms with Crippen molar-refractivity contribution in [2.24, 2.45) is 0 Å². The summed E-state index contributed by atoms with van der Waals surface area (Å²) in [4.78, 5) is 15.0. The Kier molecular flexibility index (Phi) is 4.14. The van der Waals surface area contributed by atoms with Crippen molar-refractivity contribution < 1.29 is 9.53 Å². The summed E-state index contributed by atoms with van der Waals surface area (Å²) in [5.41, 5.74) is 1.02. The highest BCUT2D eigenvalue weighted by Crippen LogP contribution is 2.01. The zero-order chi connectivity index (χ0) is 10.4. The molecule has 0 radical (unpaired) electrons. The lowest BCUT2D eigenvalue weighted by Crippen LogP contribution is -2.03. The van der Waals surface area contributed by atoms with Crippen molar-refractivity contribution in [1.29, 1.82) is 0 Å². The van der Waals surface area contributed by atoms with E-state index in [0.717, 1.165) is 5.56 Å². The first-order valence-corrected chi connectivity index (χ1v) is 4.99. The molecule has 0 saturated heterocycles. The maximum absolute atomic E-state index is 11.1. The van der Waals surface area contributed by atoms with Gasteiger partial charge in [-0.15, -0.1) is 0 Å². The molecule has 72 valence electrons. The van der Waals surface area contributed by atoms with Gasteiger partial charge in [-0.3, -0.25) is 0 Å². The summed E-state index contributed by atoms with van der Waals surface area (Å²) in [5.74, 6) is 5.25. The molecule has 0 bridgehead atoms. The van der Waals surface area contributed by atoms with Gasteiger partial charge >= 0.3 is 5.97 Å². The van der Waals surface area contributed by atoms with Crippen LogP contribution < -0.4 is 0 Å². The quantitative estimate of drug-likeness (QED) is 0.434. The predicted octanol–water partition coefficient (Wildman–Crippen LogP) is 1.61. The van der Waals surface area contributed by atoms with E-state index in [9.17, 15) is 4.79 Å². The van der Waals surface area contributed by atoms with Crippen LogP contribution in [0.15, 0.2) is 18.3 Å². The van der Waals surface area contributed by atoms with Crippen LogP contribution in [-0.2, 0) is 4.74 Å². The van der Waals surface area contributed by atoms with Crippen molar-refractivity contribution in [2.75, 3.05) is 12.4 Å². The molecule has 0 amide bonds. The van der Waals surface area contributed by atoms with E-state index in [1.807, 2.05) is 0 Å². The molecule has 0 atom stereocenters. The first-order valence-electron chi connectivity index (χ1n) is 3.87. The standard InChI is InChI=1S/C10H8BrNO2/c1-14-10(13)9-7-8(3-2-5-11)4-6-12-9/h4,6-7H,5H2,1H3. The minimum absolute atomic E-state index is 0.272. The van der Waals surface area contributed by atoms with E-state index in [2.05, 4.69) is 37.5 Å². The Balaban J connectivity index is 2.95. The molecule has 1 rings (SSSR count). The van der Waals surface area contributed by atoms with E-state index in [1.165, 1.54) is 13.3 Å². The topological polar surface area (TPSA) is 39.2 Å². The van der Waals surface area contributed by atoms with E-state index < -0.39 is 5.97 Å². The molecule has 0 fully saturated rings. The largest absolute Gasteiger partial charge is 0.464 e. The number of halogens is 1. The summed E-state index contributed by atoms with van der Waals surface area (Å²) in [6.45, 7) is 0. The molecule has 1 heterocycles. The third-order valence-electron chi connectivity index (χ3n) is 1.45. The fourth-order valence-corrected chi connectivity index (χ4v) is 1.00. The Hall–Kier alpha value is -1.34. The number of pyridine rings is 1. The fraction of sp³-hybridized carbons (Fsp3) is 0.200. The van der Waals surface area contributed by atoms with Gasteiger partial charge in [0.05, 0.1) is 12.4 Å². The zero-order valence-electron chi connectivity index (χ0n) is 7.58. The van der Waals surface area contributed by atoms with Gasteiger partial charge in [-0.1, -0.05) is 27.8 Å². The van der Waals surface area contributed by atoms with Crippen LogP contribution in [0.1, 0.15) is 16.1 Å². The number of nitrogens with zero attached hydrogens (tertiary/aromatic N) is 1. The van der Waals surface area contributed by atoms with Crippen molar-refractivity contribution in [3.63, 3.8) is 0 Å². The van der Waals surface area contributed by atoms with E-state index in [0.29, 0.717) is 5.33 Å². The number of methoxy groups -OCH3 is 1. The second-order valence-corrected chi connectivity index (χ2v) is 2.92. The number of aromatic nitrogens is 1. The Morgan fingerprint density at radius 2 is 2.50 bits per heavy atom. The van der Waals surface area contributed by atoms with Gasteiger partial charge in [0.15, 0.2) is 0 Å². The maximum Gasteiger partial charge on any atom is 0.356 e. The molecule has 0 saturated carbocycles. The van der Waals surface area contributed by atoms with Gasteiger partial charge in [0.2, 0.25) is 0 Å². The molecule has 0 aliphatic carbocycles. The van der Waals surface area contributed by atoms with Crippen LogP contribution in [0.2, 0.25) is 0 Å². The maximum atomic E-state index is 11.1. The van der Waals surface area contributed by atoms with E-state index in [4.69, 9.17) is 0 Å². The van der Waals surface area contributed by atoms with Crippen LogP contribution >= 0.6 is 15.9 Å². The van der Waals surface area contributed by atoms with E-state index in [1.54, 1.807) is 12.1 Å². The summed E-state index contributed by atoms with van der Waals surface area (Å²) in [7, 11) is 1.32. The molecule has 0 aliphatic heterocycles. The van der Waals surface area contributed by atoms with Gasteiger partial charge in [-0.05, 0) is 12.1 Å². The highest BCUT2D eigenvalue weighted by molar-refractivity contribution is 9.09. The average Bonchev–Trinajstić information content (AvgIpc) is 2.25. The van der Waals surface area contributed by atoms with Crippen molar-refractivity contribution in [2.45, 2.75) is 0 Å². The Morgan fingerprint density at radius 3 is 3.14 bits per heavy atom. The minimum atomic E-state index is -0.451. The van der Waals surface area contributed by atoms with Crippen LogP contribution in [0.3, 0.4) is 0 Å². The van der Waals surface area contributed by atoms with Gasteiger partial charge < -0.3 is 4.74 Å². The molecule has 0 N–H and O–H groups in total. The van der Waals surface area contributed by atoms with Gasteiger partial charge in [0.25, 0.3) is 0 Å². The predicted molar refractivity (Wildman–Crippen MR) is 56.2 cm³/mol. The summed E-state index contributed by atoms with van der Waals surface area (Å²) in [6, 6.07) is 3.34. The molecule has 0 spiro atoms. The lowest BCUT2D eigenvalue weighted by Gasteiger charge is -1.97. The highest BCUT2D eigenvalue weighted by Gasteiger charge is 2.05. The zero-order valence-corrected chi connectivity index (χ0v) is 9.17. The van der Waals surface area contributed by atoms with Crippen molar-refractivity contribution in [3.05, 3.63) is 29.6 Å². The van der Waals surface area contributed by atoms with Crippen LogP contribution in [-0.4, -0.2) is 23.4 Å². The van der Waals surface area contributed by atoms with Gasteiger partial charge in [-0.2, -0.15) is 0 Å². The van der Waals surface area contributed by atoms with Crippen molar-refractivity contribution in [3.8, 4) is 11.8 Å². The monoisotopic (exact) mass is 253 g/mol. The first kappa shape index (κ1) is 10.7. The lowest BCUT2D eigenvalue weighted by molar-refractivity contribution is 0.0594. The third-order valence-corrected chi connectivity index (χ3v) is 1.73. The number of rotatable bonds is 1. The van der Waals surface area contributed by atoms with Crippen LogP contribution in [0.5, 0.6) is 0 Å². The minimum Gasteiger partial charge on any atom is -0.464 e. The smallest absolute Gasteiger partial charge is 0.356 e. The molecule has 1 aromatic heterocycles. The van der Waals surface area contributed by atoms with E-state index >= 15 is 0 Å². The molecule has 14 heavy (non-hydrogen) atoms. The second-order valence-electron chi connectivity index (χ2n) is 2.36. The Labute approximate surface area is 90.6 Å². The summed E-state index contributed by atoms with van der Waals surface area (Å²) in [6.07, 6.45) is 1.53. The third kappa shape index (κ3) is 2.86. The van der Waals surface area contributed by atoms with Crippen molar-refractivity contribution >= 4 is 21.9 Å². The Morgan fingerprint density at radius 1 is 1.71 bits per heavy atom. The number of esters is 1. The van der Waals surface area contributed by atoms with Crippen molar-refractivity contribution in [1.82, 2.24) is 4.98 Å². The van der Waals surface area contributed by atoms with Gasteiger partial charge in [-0.25, -0.2) is 9.78 Å².